The molecule has 2 amide bonds. The third-order valence-corrected chi connectivity index (χ3v) is 4.05. The average molecular weight is 321 g/mol. The number of benzene rings is 2. The highest BCUT2D eigenvalue weighted by atomic mass is 32.2. The van der Waals surface area contributed by atoms with E-state index in [1.54, 1.807) is 4.90 Å². The fourth-order valence-corrected chi connectivity index (χ4v) is 2.67. The van der Waals surface area contributed by atoms with Crippen LogP contribution >= 0.6 is 11.9 Å². The summed E-state index contributed by atoms with van der Waals surface area (Å²) in [6, 6.07) is 10.5. The third-order valence-electron chi connectivity index (χ3n) is 3.51. The number of nitrogens with zero attached hydrogens (tertiary/aromatic N) is 2. The number of anilines is 2. The number of rotatable bonds is 3. The lowest BCUT2D eigenvalue weighted by molar-refractivity contribution is 0.256. The van der Waals surface area contributed by atoms with Crippen molar-refractivity contribution in [2.75, 3.05) is 22.9 Å². The van der Waals surface area contributed by atoms with Crippen molar-refractivity contribution in [1.82, 2.24) is 0 Å². The van der Waals surface area contributed by atoms with Crippen LogP contribution < -0.4 is 14.9 Å². The molecule has 2 aromatic carbocycles. The first-order chi connectivity index (χ1) is 10.6. The molecule has 0 aliphatic carbocycles. The monoisotopic (exact) mass is 321 g/mol. The standard InChI is InChI=1S/C15H13F2N3OS/c16-13-6-3-11(9-14(13)17)20-8-7-19(15(20)21)10-1-4-12(22-18)5-2-10/h1-6,9H,7-8,18H2. The van der Waals surface area contributed by atoms with E-state index in [1.807, 2.05) is 24.3 Å². The van der Waals surface area contributed by atoms with Crippen LogP contribution in [0.3, 0.4) is 0 Å². The smallest absolute Gasteiger partial charge is 0.292 e. The summed E-state index contributed by atoms with van der Waals surface area (Å²) in [7, 11) is 0. The highest BCUT2D eigenvalue weighted by Crippen LogP contribution is 2.27. The van der Waals surface area contributed by atoms with Gasteiger partial charge < -0.3 is 0 Å². The molecular weight excluding hydrogens is 308 g/mol. The molecule has 0 unspecified atom stereocenters. The van der Waals surface area contributed by atoms with Gasteiger partial charge in [-0.05, 0) is 48.3 Å². The predicted octanol–water partition coefficient (Wildman–Crippen LogP) is 3.38. The largest absolute Gasteiger partial charge is 0.329 e. The Kier molecular flexibility index (Phi) is 4.00. The quantitative estimate of drug-likeness (QED) is 0.882. The highest BCUT2D eigenvalue weighted by Gasteiger charge is 2.31. The Bertz CT molecular complexity index is 708. The molecule has 114 valence electrons. The van der Waals surface area contributed by atoms with Gasteiger partial charge in [0.25, 0.3) is 0 Å². The molecule has 1 heterocycles. The fraction of sp³-hybridized carbons (Fsp3) is 0.133. The second-order valence-electron chi connectivity index (χ2n) is 4.80. The van der Waals surface area contributed by atoms with Crippen molar-refractivity contribution in [2.24, 2.45) is 5.14 Å². The summed E-state index contributed by atoms with van der Waals surface area (Å²) in [5, 5.41) is 5.47. The van der Waals surface area contributed by atoms with E-state index in [0.717, 1.165) is 34.7 Å². The maximum Gasteiger partial charge on any atom is 0.329 e. The van der Waals surface area contributed by atoms with Crippen molar-refractivity contribution in [3.8, 4) is 0 Å². The first-order valence-corrected chi connectivity index (χ1v) is 7.49. The van der Waals surface area contributed by atoms with Crippen LogP contribution in [-0.2, 0) is 0 Å². The second-order valence-corrected chi connectivity index (χ2v) is 5.50. The SMILES string of the molecule is NSc1ccc(N2CCN(c3ccc(F)c(F)c3)C2=O)cc1. The van der Waals surface area contributed by atoms with E-state index >= 15 is 0 Å². The molecule has 7 heteroatoms. The number of urea groups is 1. The number of nitrogens with two attached hydrogens (primary N) is 1. The van der Waals surface area contributed by atoms with Crippen LogP contribution in [0, 0.1) is 11.6 Å². The zero-order chi connectivity index (χ0) is 15.7. The van der Waals surface area contributed by atoms with Crippen LogP contribution in [0.4, 0.5) is 25.0 Å². The Morgan fingerprint density at radius 2 is 1.50 bits per heavy atom. The minimum atomic E-state index is -0.965. The normalized spacial score (nSPS) is 14.8. The van der Waals surface area contributed by atoms with Crippen molar-refractivity contribution in [3.05, 3.63) is 54.1 Å². The Labute approximate surface area is 130 Å². The van der Waals surface area contributed by atoms with E-state index in [-0.39, 0.29) is 6.03 Å². The summed E-state index contributed by atoms with van der Waals surface area (Å²) in [6.07, 6.45) is 0. The van der Waals surface area contributed by atoms with E-state index in [9.17, 15) is 13.6 Å². The van der Waals surface area contributed by atoms with Gasteiger partial charge in [0.2, 0.25) is 0 Å². The van der Waals surface area contributed by atoms with E-state index < -0.39 is 11.6 Å². The number of carbonyl (C=O) groups is 1. The average Bonchev–Trinajstić information content (AvgIpc) is 2.92. The van der Waals surface area contributed by atoms with Crippen molar-refractivity contribution >= 4 is 29.4 Å². The zero-order valence-electron chi connectivity index (χ0n) is 11.5. The van der Waals surface area contributed by atoms with Gasteiger partial charge in [0.15, 0.2) is 11.6 Å². The van der Waals surface area contributed by atoms with E-state index in [1.165, 1.54) is 11.0 Å². The van der Waals surface area contributed by atoms with Crippen LogP contribution in [-0.4, -0.2) is 19.1 Å². The Balaban J connectivity index is 1.83. The molecule has 4 nitrogen and oxygen atoms in total. The van der Waals surface area contributed by atoms with Gasteiger partial charge in [-0.2, -0.15) is 0 Å². The van der Waals surface area contributed by atoms with Gasteiger partial charge in [0.05, 0.1) is 0 Å². The van der Waals surface area contributed by atoms with Crippen LogP contribution in [0.5, 0.6) is 0 Å². The Morgan fingerprint density at radius 3 is 2.09 bits per heavy atom. The fourth-order valence-electron chi connectivity index (χ4n) is 2.37. The van der Waals surface area contributed by atoms with Gasteiger partial charge in [-0.1, -0.05) is 0 Å². The maximum atomic E-state index is 13.3. The van der Waals surface area contributed by atoms with E-state index in [0.29, 0.717) is 18.8 Å². The molecule has 0 bridgehead atoms. The van der Waals surface area contributed by atoms with Crippen LogP contribution in [0.15, 0.2) is 47.4 Å². The Morgan fingerprint density at radius 1 is 0.909 bits per heavy atom. The summed E-state index contributed by atoms with van der Waals surface area (Å²) in [6.45, 7) is 0.893. The summed E-state index contributed by atoms with van der Waals surface area (Å²) in [5.41, 5.74) is 1.09. The molecule has 1 fully saturated rings. The first kappa shape index (κ1) is 14.8. The molecule has 1 aliphatic heterocycles. The van der Waals surface area contributed by atoms with Crippen LogP contribution in [0.2, 0.25) is 0 Å². The van der Waals surface area contributed by atoms with Crippen molar-refractivity contribution in [2.45, 2.75) is 4.90 Å². The number of halogens is 2. The second kappa shape index (κ2) is 5.94. The van der Waals surface area contributed by atoms with Gasteiger partial charge in [-0.15, -0.1) is 0 Å². The Hall–Kier alpha value is -2.12. The summed E-state index contributed by atoms with van der Waals surface area (Å²) >= 11 is 1.13. The summed E-state index contributed by atoms with van der Waals surface area (Å²) in [4.78, 5) is 16.4. The third kappa shape index (κ3) is 2.65. The summed E-state index contributed by atoms with van der Waals surface area (Å²) in [5.74, 6) is -1.89. The molecule has 0 saturated carbocycles. The van der Waals surface area contributed by atoms with Gasteiger partial charge in [0, 0.05) is 35.4 Å². The lowest BCUT2D eigenvalue weighted by atomic mass is 10.3. The molecule has 1 aliphatic rings. The lowest BCUT2D eigenvalue weighted by Gasteiger charge is -2.19. The molecule has 0 atom stereocenters. The van der Waals surface area contributed by atoms with Crippen molar-refractivity contribution in [1.29, 1.82) is 0 Å². The van der Waals surface area contributed by atoms with Crippen LogP contribution in [0.25, 0.3) is 0 Å². The van der Waals surface area contributed by atoms with Gasteiger partial charge in [0.1, 0.15) is 0 Å². The number of hydrogen-bond acceptors (Lipinski definition) is 3. The minimum Gasteiger partial charge on any atom is -0.292 e. The molecular formula is C15H13F2N3OS. The first-order valence-electron chi connectivity index (χ1n) is 6.61. The van der Waals surface area contributed by atoms with E-state index in [2.05, 4.69) is 0 Å². The zero-order valence-corrected chi connectivity index (χ0v) is 12.3. The topological polar surface area (TPSA) is 49.6 Å². The molecule has 0 aromatic heterocycles. The molecule has 3 rings (SSSR count). The molecule has 22 heavy (non-hydrogen) atoms. The highest BCUT2D eigenvalue weighted by molar-refractivity contribution is 7.97. The van der Waals surface area contributed by atoms with E-state index in [4.69, 9.17) is 5.14 Å². The minimum absolute atomic E-state index is 0.265. The van der Waals surface area contributed by atoms with Gasteiger partial charge >= 0.3 is 6.03 Å². The lowest BCUT2D eigenvalue weighted by Crippen LogP contribution is -2.31. The van der Waals surface area contributed by atoms with Crippen LogP contribution in [0.1, 0.15) is 0 Å². The van der Waals surface area contributed by atoms with Crippen molar-refractivity contribution in [3.63, 3.8) is 0 Å². The molecule has 2 aromatic rings. The number of carbonyl (C=O) groups excluding carboxylic acids is 1. The van der Waals surface area contributed by atoms with Crippen molar-refractivity contribution < 1.29 is 13.6 Å². The number of hydrogen-bond donors (Lipinski definition) is 1. The molecule has 2 N–H and O–H groups in total. The summed E-state index contributed by atoms with van der Waals surface area (Å²) < 4.78 is 26.3. The van der Waals surface area contributed by atoms with Gasteiger partial charge in [-0.25, -0.2) is 13.6 Å². The predicted molar refractivity (Wildman–Crippen MR) is 82.9 cm³/mol. The maximum absolute atomic E-state index is 13.3. The number of amides is 2. The molecule has 0 radical (unpaired) electrons. The molecule has 1 saturated heterocycles. The molecule has 0 spiro atoms. The van der Waals surface area contributed by atoms with Gasteiger partial charge in [-0.3, -0.25) is 14.9 Å².